The van der Waals surface area contributed by atoms with Crippen LogP contribution in [0.5, 0.6) is 0 Å². The van der Waals surface area contributed by atoms with Gasteiger partial charge in [-0.2, -0.15) is 4.57 Å². The first-order valence-corrected chi connectivity index (χ1v) is 47.5. The molecule has 0 radical (unpaired) electrons. The van der Waals surface area contributed by atoms with Gasteiger partial charge in [-0.25, -0.2) is 4.79 Å². The Labute approximate surface area is 736 Å². The maximum atomic E-state index is 15.6. The third kappa shape index (κ3) is 23.1. The highest BCUT2D eigenvalue weighted by Crippen LogP contribution is 2.67. The second-order valence-corrected chi connectivity index (χ2v) is 39.2. The maximum Gasteiger partial charge on any atom is 0.407 e. The molecule has 5 aromatic rings. The number of ether oxygens (including phenoxy) is 1. The van der Waals surface area contributed by atoms with E-state index in [2.05, 4.69) is 93.5 Å². The van der Waals surface area contributed by atoms with Gasteiger partial charge in [0.05, 0.1) is 24.9 Å². The van der Waals surface area contributed by atoms with E-state index in [1.165, 1.54) is 69.3 Å². The maximum absolute atomic E-state index is 15.6. The summed E-state index contributed by atoms with van der Waals surface area (Å²) in [6.07, 6.45) is 15.9. The summed E-state index contributed by atoms with van der Waals surface area (Å²) in [7, 11) is 3.67. The Kier molecular flexibility index (Phi) is 32.7. The van der Waals surface area contributed by atoms with Gasteiger partial charge in [-0.05, 0) is 185 Å². The zero-order valence-corrected chi connectivity index (χ0v) is 74.6. The number of rotatable bonds is 28. The van der Waals surface area contributed by atoms with Gasteiger partial charge >= 0.3 is 12.0 Å². The molecule has 6 fully saturated rings. The van der Waals surface area contributed by atoms with Crippen molar-refractivity contribution in [3.63, 3.8) is 0 Å². The highest BCUT2D eigenvalue weighted by Gasteiger charge is 2.60. The van der Waals surface area contributed by atoms with E-state index in [0.29, 0.717) is 101 Å². The second kappa shape index (κ2) is 43.2. The van der Waals surface area contributed by atoms with Crippen LogP contribution in [0.3, 0.4) is 0 Å². The minimum Gasteiger partial charge on any atom is -0.446 e. The van der Waals surface area contributed by atoms with Crippen LogP contribution in [0.1, 0.15) is 191 Å². The molecule has 2 aromatic heterocycles. The number of allylic oxidation sites excluding steroid dienone is 2. The lowest BCUT2D eigenvalue weighted by Crippen LogP contribution is -2.62. The molecule has 3 saturated carbocycles. The summed E-state index contributed by atoms with van der Waals surface area (Å²) in [4.78, 5) is 171. The lowest BCUT2D eigenvalue weighted by molar-refractivity contribution is -0.673. The van der Waals surface area contributed by atoms with E-state index in [1.807, 2.05) is 24.3 Å². The molecule has 672 valence electrons. The highest BCUT2D eigenvalue weighted by molar-refractivity contribution is 8.76. The average Bonchev–Trinajstić information content (AvgIpc) is 1.57. The molecule has 0 bridgehead atoms. The number of hydrogen-bond donors (Lipinski definition) is 13. The number of para-hydroxylation sites is 1. The van der Waals surface area contributed by atoms with Gasteiger partial charge in [0.1, 0.15) is 67.5 Å². The van der Waals surface area contributed by atoms with Crippen molar-refractivity contribution in [2.24, 2.45) is 53.4 Å². The van der Waals surface area contributed by atoms with E-state index in [1.54, 1.807) is 108 Å². The van der Waals surface area contributed by atoms with E-state index in [9.17, 15) is 44.1 Å². The van der Waals surface area contributed by atoms with Crippen LogP contribution in [-0.2, 0) is 74.2 Å². The number of aliphatic hydroxyl groups is 3. The zero-order valence-electron chi connectivity index (χ0n) is 73.0. The SMILES string of the molecule is CC(C)CCC[C@@H](C)[C@H]1CC[C@H]2[C@@H]3CC=C4CC[C@@H](OC(=O)NCCCC[C@@H]5NC(=O)[C@H](Cc6c[nH]c7ccccc67)NC(=O)[C@H](Cc6ccccc6)NC(=O)[C@@H](NC(=O)[C@H](Cc6ccccc6)NC(=O)[C@H]6CCCN6C(=O)[C@@H]6CCCN6C(=O)c6cccc[n+]6C)CSSC[C@@H](C(=O)N[C@H](CO)[C@@H](C)O)NC(=O)[C@H]([C@@H](C)O)NC5=O)C[C@]4(C)[C@H]3CC[C@]12C. The largest absolute Gasteiger partial charge is 0.446 e. The van der Waals surface area contributed by atoms with Gasteiger partial charge in [0.15, 0.2) is 6.20 Å². The number of benzene rings is 3. The quantitative estimate of drug-likeness (QED) is 0.00989. The molecule has 30 heteroatoms. The van der Waals surface area contributed by atoms with Crippen LogP contribution in [0.2, 0.25) is 0 Å². The van der Waals surface area contributed by atoms with Gasteiger partial charge in [0.2, 0.25) is 53.2 Å². The minimum absolute atomic E-state index is 0.0917. The molecule has 11 amide bonds. The number of pyridine rings is 1. The predicted molar refractivity (Wildman–Crippen MR) is 475 cm³/mol. The van der Waals surface area contributed by atoms with Gasteiger partial charge in [0.25, 0.3) is 5.69 Å². The number of aromatic nitrogens is 2. The number of carbonyl (C=O) groups excluding carboxylic acids is 11. The van der Waals surface area contributed by atoms with Crippen LogP contribution in [0.25, 0.3) is 10.9 Å². The first-order valence-electron chi connectivity index (χ1n) is 45.0. The first kappa shape index (κ1) is 93.8. The third-order valence-corrected chi connectivity index (χ3v) is 30.2. The van der Waals surface area contributed by atoms with Gasteiger partial charge in [-0.3, -0.25) is 47.9 Å². The third-order valence-electron chi connectivity index (χ3n) is 27.8. The monoisotopic (exact) mass is 1740 g/mol. The van der Waals surface area contributed by atoms with E-state index in [0.717, 1.165) is 46.8 Å². The molecule has 5 heterocycles. The number of fused-ring (bicyclic) bond motifs is 6. The standard InChI is InChI=1S/C94H129N13O15S2/c1-56(2)24-21-25-57(3)67-40-41-68-66-39-37-63-36-38-64(51-94(63,7)69(66)42-43-93(67,68)6)122-92(121)95-44-19-17-32-71-82(111)104-81(59(5)110)89(118)103-77(87(116)101-75(53-108)58(4)109)55-124-123-54-76(86(115)98-72(48-60-26-11-9-12-27-60)83(112)99-74(85(114)97-71)50-62-52-96-70-31-16-15-30-65(62)70)102-84(113)73(49-61-28-13-10-14-29-61)100-88(117)78-34-22-46-106(78)91(120)80-35-23-47-107(80)90(119)79-33-18-20-45-105(79)8/h9-16,18,20,26-31,33,37,45,52,56-59,64,66-69,71-78,80-81,96,108-110H,17,19,21-25,32,34-36,38-44,46-51,53-55H2,1-8H3,(H8-,95,97,98,99,100,101,102,103,104,111,112,113,114,115,116,117,118,121)/p+1/t57-,58-,59-,64-,66+,67-,68+,69+,71+,72+,73+,74+,75-,76+,77+,78-,80+,81+,93-,94+/m1/s1. The van der Waals surface area contributed by atoms with Crippen molar-refractivity contribution in [3.05, 3.63) is 150 Å². The van der Waals surface area contributed by atoms with Crippen LogP contribution in [0, 0.1) is 46.3 Å². The summed E-state index contributed by atoms with van der Waals surface area (Å²) in [5, 5.41) is 58.4. The molecule has 0 spiro atoms. The summed E-state index contributed by atoms with van der Waals surface area (Å²) in [5.41, 5.74) is 4.61. The van der Waals surface area contributed by atoms with Crippen molar-refractivity contribution < 1.29 is 77.4 Å². The average molecular weight is 1750 g/mol. The summed E-state index contributed by atoms with van der Waals surface area (Å²) >= 11 is 0. The fourth-order valence-corrected chi connectivity index (χ4v) is 23.3. The Morgan fingerprint density at radius 3 is 2.05 bits per heavy atom. The Morgan fingerprint density at radius 2 is 1.33 bits per heavy atom. The Bertz CT molecular complexity index is 4590. The van der Waals surface area contributed by atoms with Crippen molar-refractivity contribution in [2.75, 3.05) is 37.7 Å². The van der Waals surface area contributed by atoms with Crippen molar-refractivity contribution in [1.82, 2.24) is 62.6 Å². The van der Waals surface area contributed by atoms with E-state index in [4.69, 9.17) is 4.74 Å². The number of alkyl carbamates (subject to hydrolysis) is 1. The Hall–Kier alpha value is -9.36. The summed E-state index contributed by atoms with van der Waals surface area (Å²) in [5.74, 6) is -4.44. The molecule has 3 saturated heterocycles. The van der Waals surface area contributed by atoms with Crippen LogP contribution in [0.4, 0.5) is 4.79 Å². The molecular weight excluding hydrogens is 1620 g/mol. The second-order valence-electron chi connectivity index (χ2n) is 36.7. The normalized spacial score (nSPS) is 28.4. The van der Waals surface area contributed by atoms with Crippen molar-refractivity contribution >= 4 is 97.7 Å². The summed E-state index contributed by atoms with van der Waals surface area (Å²) < 4.78 is 7.98. The predicted octanol–water partition coefficient (Wildman–Crippen LogP) is 7.65. The topological polar surface area (TPSA) is 392 Å². The molecule has 124 heavy (non-hydrogen) atoms. The van der Waals surface area contributed by atoms with Crippen LogP contribution in [-0.4, -0.2) is 212 Å². The van der Waals surface area contributed by atoms with Gasteiger partial charge in [-0.1, -0.05) is 166 Å². The molecule has 3 aromatic carbocycles. The molecular formula is C94H130N13O15S2+. The number of aliphatic hydroxyl groups excluding tert-OH is 3. The smallest absolute Gasteiger partial charge is 0.407 e. The van der Waals surface area contributed by atoms with Crippen LogP contribution in [0.15, 0.2) is 127 Å². The number of nitrogens with zero attached hydrogens (tertiary/aromatic N) is 3. The van der Waals surface area contributed by atoms with E-state index in [-0.39, 0.29) is 87.0 Å². The lowest BCUT2D eigenvalue weighted by Gasteiger charge is -2.58. The lowest BCUT2D eigenvalue weighted by atomic mass is 9.47. The molecule has 28 nitrogen and oxygen atoms in total. The minimum atomic E-state index is -1.80. The highest BCUT2D eigenvalue weighted by atomic mass is 33.1. The summed E-state index contributed by atoms with van der Waals surface area (Å²) in [6.45, 7) is 14.7. The van der Waals surface area contributed by atoms with Crippen LogP contribution >= 0.6 is 21.6 Å². The number of hydrogen-bond acceptors (Lipinski definition) is 17. The number of H-pyrrole nitrogens is 1. The molecule has 12 rings (SSSR count). The zero-order chi connectivity index (χ0) is 88.5. The number of carbonyl (C=O) groups is 11. The van der Waals surface area contributed by atoms with Gasteiger partial charge in [0, 0.05) is 79.6 Å². The molecule has 7 aliphatic rings. The fraction of sp³-hybridized carbons (Fsp3) is 0.596. The first-order chi connectivity index (χ1) is 59.5. The molecule has 20 atom stereocenters. The van der Waals surface area contributed by atoms with Crippen molar-refractivity contribution in [3.8, 4) is 0 Å². The molecule has 0 unspecified atom stereocenters. The van der Waals surface area contributed by atoms with Gasteiger partial charge in [-0.15, -0.1) is 0 Å². The number of aromatic amines is 1. The molecule has 4 aliphatic carbocycles. The molecule has 3 aliphatic heterocycles. The van der Waals surface area contributed by atoms with Crippen molar-refractivity contribution in [2.45, 2.75) is 262 Å². The fourth-order valence-electron chi connectivity index (χ4n) is 20.9. The van der Waals surface area contributed by atoms with E-state index < -0.39 is 138 Å². The number of likely N-dealkylation sites (tertiary alicyclic amines) is 2. The summed E-state index contributed by atoms with van der Waals surface area (Å²) in [6, 6.07) is 16.2. The number of nitrogens with one attached hydrogen (secondary N) is 10. The Morgan fingerprint density at radius 1 is 0.661 bits per heavy atom. The van der Waals surface area contributed by atoms with Crippen molar-refractivity contribution in [1.29, 1.82) is 0 Å². The van der Waals surface area contributed by atoms with E-state index >= 15 is 24.0 Å². The number of amides is 11. The van der Waals surface area contributed by atoms with Gasteiger partial charge < -0.3 is 82.7 Å². The number of aryl methyl sites for hydroxylation is 1. The number of unbranched alkanes of at least 4 members (excludes halogenated alkanes) is 1. The van der Waals surface area contributed by atoms with Crippen LogP contribution < -0.4 is 52.4 Å². The molecule has 13 N–H and O–H groups in total. The Balaban J connectivity index is 0.789.